The quantitative estimate of drug-likeness (QED) is 0.751. The van der Waals surface area contributed by atoms with Crippen molar-refractivity contribution in [3.05, 3.63) is 34.9 Å². The summed E-state index contributed by atoms with van der Waals surface area (Å²) in [5.41, 5.74) is 0.763. The fraction of sp³-hybridized carbons (Fsp3) is 0.720. The number of piperidine rings is 1. The van der Waals surface area contributed by atoms with Crippen molar-refractivity contribution in [1.29, 1.82) is 0 Å². The number of likely N-dealkylation sites (tertiary alicyclic amines) is 1. The lowest BCUT2D eigenvalue weighted by Gasteiger charge is -2.53. The maximum Gasteiger partial charge on any atom is 0.228 e. The number of fused-ring (bicyclic) bond motifs is 1. The van der Waals surface area contributed by atoms with Crippen LogP contribution in [0, 0.1) is 11.3 Å². The molecule has 170 valence electrons. The molecule has 5 rings (SSSR count). The van der Waals surface area contributed by atoms with Crippen molar-refractivity contribution in [2.75, 3.05) is 45.9 Å². The molecule has 1 amide bonds. The van der Waals surface area contributed by atoms with E-state index in [1.807, 2.05) is 12.1 Å². The highest BCUT2D eigenvalue weighted by Gasteiger charge is 2.55. The van der Waals surface area contributed by atoms with Gasteiger partial charge in [-0.15, -0.1) is 0 Å². The van der Waals surface area contributed by atoms with Crippen LogP contribution in [0.3, 0.4) is 0 Å². The minimum atomic E-state index is -0.251. The molecule has 0 aromatic heterocycles. The van der Waals surface area contributed by atoms with Crippen molar-refractivity contribution in [3.63, 3.8) is 0 Å². The van der Waals surface area contributed by atoms with E-state index in [4.69, 9.17) is 16.3 Å². The van der Waals surface area contributed by atoms with Crippen LogP contribution < -0.4 is 5.32 Å². The highest BCUT2D eigenvalue weighted by atomic mass is 35.5. The molecule has 1 aromatic rings. The predicted molar refractivity (Wildman–Crippen MR) is 123 cm³/mol. The van der Waals surface area contributed by atoms with E-state index in [1.165, 1.54) is 5.56 Å². The molecule has 0 bridgehead atoms. The molecule has 4 aliphatic rings. The molecular weight excluding hydrogens is 410 g/mol. The van der Waals surface area contributed by atoms with Crippen LogP contribution in [0.4, 0.5) is 0 Å². The fourth-order valence-corrected chi connectivity index (χ4v) is 6.48. The first-order valence-electron chi connectivity index (χ1n) is 12.2. The molecule has 5 nitrogen and oxygen atoms in total. The lowest BCUT2D eigenvalue weighted by Crippen LogP contribution is -2.61. The van der Waals surface area contributed by atoms with Gasteiger partial charge in [0.05, 0.1) is 24.2 Å². The van der Waals surface area contributed by atoms with Gasteiger partial charge >= 0.3 is 0 Å². The number of morpholine rings is 1. The Balaban J connectivity index is 1.35. The minimum Gasteiger partial charge on any atom is -0.379 e. The zero-order valence-corrected chi connectivity index (χ0v) is 19.5. The van der Waals surface area contributed by atoms with Crippen molar-refractivity contribution >= 4 is 17.5 Å². The van der Waals surface area contributed by atoms with E-state index in [2.05, 4.69) is 34.2 Å². The molecular formula is C25H36ClN3O2. The molecule has 2 saturated carbocycles. The molecule has 0 spiro atoms. The van der Waals surface area contributed by atoms with Crippen LogP contribution in [0.2, 0.25) is 5.02 Å². The number of carbonyl (C=O) groups is 1. The Morgan fingerprint density at radius 2 is 1.87 bits per heavy atom. The van der Waals surface area contributed by atoms with Gasteiger partial charge in [0.2, 0.25) is 5.91 Å². The number of hydrogen-bond donors (Lipinski definition) is 1. The molecule has 2 aliphatic heterocycles. The molecule has 3 atom stereocenters. The first kappa shape index (κ1) is 21.7. The van der Waals surface area contributed by atoms with Gasteiger partial charge in [0, 0.05) is 30.7 Å². The van der Waals surface area contributed by atoms with E-state index < -0.39 is 0 Å². The number of hydrogen-bond acceptors (Lipinski definition) is 4. The van der Waals surface area contributed by atoms with Gasteiger partial charge in [-0.2, -0.15) is 0 Å². The van der Waals surface area contributed by atoms with Crippen LogP contribution in [-0.2, 0) is 15.1 Å². The standard InChI is InChI=1S/C25H36ClN3O2/c1-2-28-12-8-20-17-22(29-13-15-31-16-14-29)7-9-24(20,18-28)23(30)27-25(10-11-25)19-3-5-21(26)6-4-19/h3-6,20,22H,2,7-18H2,1H3,(H,27,30)/t20-,22+,24-/m1/s1. The van der Waals surface area contributed by atoms with Crippen LogP contribution >= 0.6 is 11.6 Å². The highest BCUT2D eigenvalue weighted by molar-refractivity contribution is 6.30. The first-order chi connectivity index (χ1) is 15.0. The average Bonchev–Trinajstić information content (AvgIpc) is 3.59. The Hall–Kier alpha value is -1.14. The van der Waals surface area contributed by atoms with Gasteiger partial charge in [0.1, 0.15) is 0 Å². The molecule has 2 aliphatic carbocycles. The minimum absolute atomic E-state index is 0.184. The Morgan fingerprint density at radius 1 is 1.13 bits per heavy atom. The summed E-state index contributed by atoms with van der Waals surface area (Å²) in [5, 5.41) is 4.31. The number of benzene rings is 1. The smallest absolute Gasteiger partial charge is 0.228 e. The van der Waals surface area contributed by atoms with E-state index in [0.29, 0.717) is 17.9 Å². The van der Waals surface area contributed by atoms with Crippen LogP contribution in [0.25, 0.3) is 0 Å². The van der Waals surface area contributed by atoms with Crippen molar-refractivity contribution in [1.82, 2.24) is 15.1 Å². The first-order valence-corrected chi connectivity index (χ1v) is 12.6. The van der Waals surface area contributed by atoms with Gasteiger partial charge in [-0.05, 0) is 75.2 Å². The van der Waals surface area contributed by atoms with Crippen molar-refractivity contribution in [3.8, 4) is 0 Å². The molecule has 2 saturated heterocycles. The Kier molecular flexibility index (Phi) is 6.06. The molecule has 31 heavy (non-hydrogen) atoms. The molecule has 6 heteroatoms. The largest absolute Gasteiger partial charge is 0.379 e. The Labute approximate surface area is 191 Å². The van der Waals surface area contributed by atoms with Crippen LogP contribution in [0.5, 0.6) is 0 Å². The van der Waals surface area contributed by atoms with Crippen LogP contribution in [0.1, 0.15) is 51.0 Å². The van der Waals surface area contributed by atoms with Gasteiger partial charge < -0.3 is 15.0 Å². The SMILES string of the molecule is CCN1CC[C@@H]2C[C@@H](N3CCOCC3)CC[C@@]2(C(=O)NC2(c3ccc(Cl)cc3)CC2)C1. The molecule has 1 N–H and O–H groups in total. The summed E-state index contributed by atoms with van der Waals surface area (Å²) in [5.74, 6) is 0.765. The number of nitrogens with zero attached hydrogens (tertiary/aromatic N) is 2. The summed E-state index contributed by atoms with van der Waals surface area (Å²) < 4.78 is 5.57. The summed E-state index contributed by atoms with van der Waals surface area (Å²) in [6.07, 6.45) is 6.45. The number of amides is 1. The van der Waals surface area contributed by atoms with Crippen molar-refractivity contribution in [2.24, 2.45) is 11.3 Å². The predicted octanol–water partition coefficient (Wildman–Crippen LogP) is 3.66. The van der Waals surface area contributed by atoms with E-state index in [-0.39, 0.29) is 11.0 Å². The summed E-state index contributed by atoms with van der Waals surface area (Å²) in [6, 6.07) is 8.65. The zero-order valence-electron chi connectivity index (χ0n) is 18.7. The normalized spacial score (nSPS) is 33.5. The lowest BCUT2D eigenvalue weighted by atomic mass is 9.60. The lowest BCUT2D eigenvalue weighted by molar-refractivity contribution is -0.146. The molecule has 4 fully saturated rings. The Morgan fingerprint density at radius 3 is 2.55 bits per heavy atom. The third-order valence-electron chi connectivity index (χ3n) is 8.52. The zero-order chi connectivity index (χ0) is 21.5. The van der Waals surface area contributed by atoms with Gasteiger partial charge in [-0.25, -0.2) is 0 Å². The van der Waals surface area contributed by atoms with Crippen LogP contribution in [-0.4, -0.2) is 67.7 Å². The van der Waals surface area contributed by atoms with Gasteiger partial charge in [-0.3, -0.25) is 9.69 Å². The van der Waals surface area contributed by atoms with E-state index in [9.17, 15) is 4.79 Å². The van der Waals surface area contributed by atoms with E-state index in [1.54, 1.807) is 0 Å². The summed E-state index contributed by atoms with van der Waals surface area (Å²) in [6.45, 7) is 9.05. The monoisotopic (exact) mass is 445 g/mol. The number of ether oxygens (including phenoxy) is 1. The maximum absolute atomic E-state index is 14.0. The van der Waals surface area contributed by atoms with Gasteiger partial charge in [0.25, 0.3) is 0 Å². The maximum atomic E-state index is 14.0. The summed E-state index contributed by atoms with van der Waals surface area (Å²) in [7, 11) is 0. The summed E-state index contributed by atoms with van der Waals surface area (Å²) in [4.78, 5) is 19.1. The van der Waals surface area contributed by atoms with E-state index >= 15 is 0 Å². The summed E-state index contributed by atoms with van der Waals surface area (Å²) >= 11 is 6.10. The number of nitrogens with one attached hydrogen (secondary N) is 1. The highest BCUT2D eigenvalue weighted by Crippen LogP contribution is 2.51. The van der Waals surface area contributed by atoms with E-state index in [0.717, 1.165) is 89.5 Å². The van der Waals surface area contributed by atoms with Crippen molar-refractivity contribution in [2.45, 2.75) is 57.0 Å². The number of halogens is 1. The molecule has 2 heterocycles. The average molecular weight is 446 g/mol. The second-order valence-corrected chi connectivity index (χ2v) is 10.6. The Bertz CT molecular complexity index is 790. The topological polar surface area (TPSA) is 44.8 Å². The molecule has 0 unspecified atom stereocenters. The van der Waals surface area contributed by atoms with Gasteiger partial charge in [-0.1, -0.05) is 30.7 Å². The molecule has 0 radical (unpaired) electrons. The fourth-order valence-electron chi connectivity index (χ4n) is 6.36. The van der Waals surface area contributed by atoms with Crippen molar-refractivity contribution < 1.29 is 9.53 Å². The number of carbonyl (C=O) groups excluding carboxylic acids is 1. The van der Waals surface area contributed by atoms with Gasteiger partial charge in [0.15, 0.2) is 0 Å². The number of rotatable bonds is 5. The second kappa shape index (κ2) is 8.66. The molecule has 1 aromatic carbocycles. The third-order valence-corrected chi connectivity index (χ3v) is 8.77. The third kappa shape index (κ3) is 4.15. The second-order valence-electron chi connectivity index (χ2n) is 10.1. The van der Waals surface area contributed by atoms with Crippen LogP contribution in [0.15, 0.2) is 24.3 Å².